The van der Waals surface area contributed by atoms with E-state index >= 15 is 0 Å². The van der Waals surface area contributed by atoms with Crippen molar-refractivity contribution >= 4 is 33.3 Å². The molecule has 0 fully saturated rings. The van der Waals surface area contributed by atoms with Gasteiger partial charge in [0.1, 0.15) is 10.6 Å². The molecular weight excluding hydrogens is 344 g/mol. The topological polar surface area (TPSA) is 69.2 Å². The Labute approximate surface area is 136 Å². The van der Waals surface area contributed by atoms with Gasteiger partial charge in [-0.25, -0.2) is 0 Å². The van der Waals surface area contributed by atoms with Crippen LogP contribution < -0.4 is 4.18 Å². The number of hydrogen-bond acceptors (Lipinski definition) is 6. The van der Waals surface area contributed by atoms with Crippen LogP contribution in [0.5, 0.6) is 5.75 Å². The summed E-state index contributed by atoms with van der Waals surface area (Å²) in [5, 5.41) is 6.11. The van der Waals surface area contributed by atoms with Gasteiger partial charge < -0.3 is 4.18 Å². The Hall–Kier alpha value is -1.96. The van der Waals surface area contributed by atoms with E-state index in [0.29, 0.717) is 16.3 Å². The molecule has 0 aliphatic carbocycles. The SMILES string of the molecule is O=S(=O)(Oc1ccccc1-c1csnn1)c1ccc(Cl)cc1. The van der Waals surface area contributed by atoms with Gasteiger partial charge >= 0.3 is 10.1 Å². The van der Waals surface area contributed by atoms with Crippen molar-refractivity contribution in [1.29, 1.82) is 0 Å². The largest absolute Gasteiger partial charge is 0.378 e. The molecule has 0 amide bonds. The fourth-order valence-corrected chi connectivity index (χ4v) is 3.33. The molecule has 0 unspecified atom stereocenters. The number of hydrogen-bond donors (Lipinski definition) is 0. The summed E-state index contributed by atoms with van der Waals surface area (Å²) in [5.74, 6) is 0.199. The lowest BCUT2D eigenvalue weighted by Crippen LogP contribution is -2.10. The minimum absolute atomic E-state index is 0.0307. The highest BCUT2D eigenvalue weighted by Gasteiger charge is 2.19. The first-order chi connectivity index (χ1) is 10.6. The average molecular weight is 353 g/mol. The molecule has 0 N–H and O–H groups in total. The molecule has 0 atom stereocenters. The summed E-state index contributed by atoms with van der Waals surface area (Å²) in [5.41, 5.74) is 1.13. The Morgan fingerprint density at radius 1 is 1.05 bits per heavy atom. The molecule has 0 saturated carbocycles. The Balaban J connectivity index is 1.98. The third-order valence-electron chi connectivity index (χ3n) is 2.82. The Kier molecular flexibility index (Phi) is 4.10. The molecule has 0 bridgehead atoms. The minimum atomic E-state index is -3.95. The second-order valence-electron chi connectivity index (χ2n) is 4.28. The predicted molar refractivity (Wildman–Crippen MR) is 84.6 cm³/mol. The molecule has 22 heavy (non-hydrogen) atoms. The van der Waals surface area contributed by atoms with Crippen molar-refractivity contribution < 1.29 is 12.6 Å². The molecule has 5 nitrogen and oxygen atoms in total. The molecule has 0 aliphatic rings. The van der Waals surface area contributed by atoms with Crippen LogP contribution in [0, 0.1) is 0 Å². The van der Waals surface area contributed by atoms with E-state index in [-0.39, 0.29) is 10.6 Å². The first-order valence-corrected chi connectivity index (χ1v) is 8.75. The first kappa shape index (κ1) is 15.0. The lowest BCUT2D eigenvalue weighted by atomic mass is 10.1. The van der Waals surface area contributed by atoms with Crippen molar-refractivity contribution in [3.05, 3.63) is 58.9 Å². The Morgan fingerprint density at radius 2 is 1.77 bits per heavy atom. The van der Waals surface area contributed by atoms with Crippen molar-refractivity contribution in [2.45, 2.75) is 4.90 Å². The van der Waals surface area contributed by atoms with Gasteiger partial charge in [-0.15, -0.1) is 5.10 Å². The highest BCUT2D eigenvalue weighted by atomic mass is 35.5. The quantitative estimate of drug-likeness (QED) is 0.671. The highest BCUT2D eigenvalue weighted by molar-refractivity contribution is 7.87. The van der Waals surface area contributed by atoms with Crippen molar-refractivity contribution in [1.82, 2.24) is 9.59 Å². The number of rotatable bonds is 4. The van der Waals surface area contributed by atoms with Crippen molar-refractivity contribution in [3.63, 3.8) is 0 Å². The molecule has 2 aromatic carbocycles. The van der Waals surface area contributed by atoms with E-state index in [2.05, 4.69) is 9.59 Å². The van der Waals surface area contributed by atoms with E-state index in [1.807, 2.05) is 0 Å². The first-order valence-electron chi connectivity index (χ1n) is 6.13. The third kappa shape index (κ3) is 3.11. The summed E-state index contributed by atoms with van der Waals surface area (Å²) >= 11 is 6.94. The maximum atomic E-state index is 12.3. The third-order valence-corrected chi connectivity index (χ3v) is 4.83. The lowest BCUT2D eigenvalue weighted by molar-refractivity contribution is 0.487. The number of benzene rings is 2. The van der Waals surface area contributed by atoms with Gasteiger partial charge in [-0.2, -0.15) is 8.42 Å². The molecule has 1 aromatic heterocycles. The van der Waals surface area contributed by atoms with Crippen molar-refractivity contribution in [2.75, 3.05) is 0 Å². The molecule has 3 rings (SSSR count). The van der Waals surface area contributed by atoms with E-state index in [4.69, 9.17) is 15.8 Å². The van der Waals surface area contributed by atoms with Crippen LogP contribution in [0.15, 0.2) is 58.8 Å². The molecule has 8 heteroatoms. The Bertz CT molecular complexity index is 879. The standard InChI is InChI=1S/C14H9ClN2O3S2/c15-10-5-7-11(8-6-10)22(18,19)20-14-4-2-1-3-12(14)13-9-21-17-16-13/h1-9H. The molecule has 0 aliphatic heterocycles. The zero-order valence-corrected chi connectivity index (χ0v) is 13.4. The van der Waals surface area contributed by atoms with Crippen LogP contribution in [-0.2, 0) is 10.1 Å². The van der Waals surface area contributed by atoms with Gasteiger partial charge in [-0.05, 0) is 47.9 Å². The zero-order valence-electron chi connectivity index (χ0n) is 11.0. The second kappa shape index (κ2) is 6.04. The van der Waals surface area contributed by atoms with Crippen LogP contribution >= 0.6 is 23.1 Å². The molecule has 1 heterocycles. The van der Waals surface area contributed by atoms with Gasteiger partial charge in [0.05, 0.1) is 0 Å². The number of halogens is 1. The monoisotopic (exact) mass is 352 g/mol. The van der Waals surface area contributed by atoms with E-state index in [0.717, 1.165) is 0 Å². The maximum absolute atomic E-state index is 12.3. The van der Waals surface area contributed by atoms with Crippen molar-refractivity contribution in [2.24, 2.45) is 0 Å². The summed E-state index contributed by atoms with van der Waals surface area (Å²) in [6, 6.07) is 12.5. The zero-order chi connectivity index (χ0) is 15.6. The average Bonchev–Trinajstić information content (AvgIpc) is 3.02. The fraction of sp³-hybridized carbons (Fsp3) is 0. The number of aromatic nitrogens is 2. The van der Waals surface area contributed by atoms with Gasteiger partial charge in [0.25, 0.3) is 0 Å². The number of nitrogens with zero attached hydrogens (tertiary/aromatic N) is 2. The minimum Gasteiger partial charge on any atom is -0.378 e. The molecule has 0 radical (unpaired) electrons. The lowest BCUT2D eigenvalue weighted by Gasteiger charge is -2.10. The fourth-order valence-electron chi connectivity index (χ4n) is 1.80. The molecule has 0 spiro atoms. The highest BCUT2D eigenvalue weighted by Crippen LogP contribution is 2.31. The van der Waals surface area contributed by atoms with Crippen LogP contribution in [0.4, 0.5) is 0 Å². The van der Waals surface area contributed by atoms with Crippen LogP contribution in [0.2, 0.25) is 5.02 Å². The second-order valence-corrected chi connectivity index (χ2v) is 6.87. The Morgan fingerprint density at radius 3 is 2.45 bits per heavy atom. The van der Waals surface area contributed by atoms with Gasteiger partial charge in [0, 0.05) is 16.0 Å². The van der Waals surface area contributed by atoms with Crippen LogP contribution in [0.3, 0.4) is 0 Å². The number of para-hydroxylation sites is 1. The smallest absolute Gasteiger partial charge is 0.339 e. The van der Waals surface area contributed by atoms with E-state index in [9.17, 15) is 8.42 Å². The van der Waals surface area contributed by atoms with E-state index < -0.39 is 10.1 Å². The van der Waals surface area contributed by atoms with Gasteiger partial charge in [-0.3, -0.25) is 0 Å². The summed E-state index contributed by atoms with van der Waals surface area (Å²) in [7, 11) is -3.95. The summed E-state index contributed by atoms with van der Waals surface area (Å²) in [6.45, 7) is 0. The summed E-state index contributed by atoms with van der Waals surface area (Å²) < 4.78 is 33.7. The molecule has 0 saturated heterocycles. The van der Waals surface area contributed by atoms with Gasteiger partial charge in [0.2, 0.25) is 0 Å². The normalized spacial score (nSPS) is 11.3. The van der Waals surface area contributed by atoms with Gasteiger partial charge in [0.15, 0.2) is 5.75 Å². The van der Waals surface area contributed by atoms with E-state index in [1.165, 1.54) is 35.8 Å². The maximum Gasteiger partial charge on any atom is 0.339 e. The summed E-state index contributed by atoms with van der Waals surface area (Å²) in [4.78, 5) is 0.0307. The summed E-state index contributed by atoms with van der Waals surface area (Å²) in [6.07, 6.45) is 0. The molecular formula is C14H9ClN2O3S2. The molecule has 112 valence electrons. The van der Waals surface area contributed by atoms with Crippen LogP contribution in [-0.4, -0.2) is 18.0 Å². The van der Waals surface area contributed by atoms with Crippen LogP contribution in [0.25, 0.3) is 11.3 Å². The van der Waals surface area contributed by atoms with Crippen LogP contribution in [0.1, 0.15) is 0 Å². The van der Waals surface area contributed by atoms with Gasteiger partial charge in [-0.1, -0.05) is 28.2 Å². The van der Waals surface area contributed by atoms with Crippen molar-refractivity contribution in [3.8, 4) is 17.0 Å². The molecule has 3 aromatic rings. The van der Waals surface area contributed by atoms with E-state index in [1.54, 1.807) is 29.6 Å². The predicted octanol–water partition coefficient (Wildman–Crippen LogP) is 3.63.